The summed E-state index contributed by atoms with van der Waals surface area (Å²) < 4.78 is 5.27. The predicted molar refractivity (Wildman–Crippen MR) is 103 cm³/mol. The van der Waals surface area contributed by atoms with Gasteiger partial charge in [-0.3, -0.25) is 4.79 Å². The molecular formula is C20H31NO3S. The number of hydrogen-bond donors (Lipinski definition) is 1. The maximum atomic E-state index is 12.5. The van der Waals surface area contributed by atoms with E-state index < -0.39 is 0 Å². The number of rotatable bonds is 5. The van der Waals surface area contributed by atoms with Gasteiger partial charge in [0, 0.05) is 10.8 Å². The largest absolute Gasteiger partial charge is 0.462 e. The van der Waals surface area contributed by atoms with E-state index in [-0.39, 0.29) is 23.2 Å². The second-order valence-electron chi connectivity index (χ2n) is 8.03. The van der Waals surface area contributed by atoms with Crippen LogP contribution in [0.5, 0.6) is 0 Å². The van der Waals surface area contributed by atoms with E-state index >= 15 is 0 Å². The van der Waals surface area contributed by atoms with E-state index in [4.69, 9.17) is 4.74 Å². The molecule has 1 aliphatic carbocycles. The maximum absolute atomic E-state index is 12.5. The summed E-state index contributed by atoms with van der Waals surface area (Å²) in [6.45, 7) is 12.9. The van der Waals surface area contributed by atoms with Crippen LogP contribution in [0.1, 0.15) is 75.2 Å². The molecule has 0 saturated carbocycles. The normalized spacial score (nSPS) is 18.4. The molecule has 0 spiro atoms. The molecule has 1 amide bonds. The first-order chi connectivity index (χ1) is 11.7. The number of ether oxygens (including phenoxy) is 1. The minimum absolute atomic E-state index is 0.0287. The Morgan fingerprint density at radius 1 is 1.32 bits per heavy atom. The van der Waals surface area contributed by atoms with Crippen LogP contribution in [-0.2, 0) is 22.4 Å². The third-order valence-corrected chi connectivity index (χ3v) is 6.44. The van der Waals surface area contributed by atoms with E-state index in [1.165, 1.54) is 4.88 Å². The Morgan fingerprint density at radius 2 is 2.00 bits per heavy atom. The van der Waals surface area contributed by atoms with E-state index in [9.17, 15) is 9.59 Å². The molecule has 0 aromatic carbocycles. The van der Waals surface area contributed by atoms with Gasteiger partial charge in [0.15, 0.2) is 0 Å². The topological polar surface area (TPSA) is 55.4 Å². The van der Waals surface area contributed by atoms with Crippen LogP contribution in [0.2, 0.25) is 0 Å². The number of carbonyl (C=O) groups excluding carboxylic acids is 2. The van der Waals surface area contributed by atoms with Crippen LogP contribution in [-0.4, -0.2) is 18.5 Å². The second-order valence-corrected chi connectivity index (χ2v) is 9.14. The number of fused-ring (bicyclic) bond motifs is 1. The highest BCUT2D eigenvalue weighted by atomic mass is 32.1. The van der Waals surface area contributed by atoms with E-state index in [1.54, 1.807) is 11.3 Å². The van der Waals surface area contributed by atoms with Crippen molar-refractivity contribution < 1.29 is 14.3 Å². The Hall–Kier alpha value is -1.36. The Balaban J connectivity index is 2.37. The average Bonchev–Trinajstić information content (AvgIpc) is 2.90. The molecule has 1 N–H and O–H groups in total. The molecule has 1 heterocycles. The van der Waals surface area contributed by atoms with Gasteiger partial charge in [-0.05, 0) is 49.5 Å². The fraction of sp³-hybridized carbons (Fsp3) is 0.700. The first-order valence-electron chi connectivity index (χ1n) is 9.31. The minimum atomic E-state index is -0.311. The zero-order valence-electron chi connectivity index (χ0n) is 16.3. The summed E-state index contributed by atoms with van der Waals surface area (Å²) in [5.74, 6) is 0.177. The van der Waals surface area contributed by atoms with Gasteiger partial charge < -0.3 is 10.1 Å². The van der Waals surface area contributed by atoms with Crippen molar-refractivity contribution in [3.05, 3.63) is 16.0 Å². The van der Waals surface area contributed by atoms with Crippen LogP contribution >= 0.6 is 11.3 Å². The van der Waals surface area contributed by atoms with Crippen molar-refractivity contribution in [2.24, 2.45) is 17.3 Å². The molecule has 2 atom stereocenters. The fourth-order valence-corrected chi connectivity index (χ4v) is 4.57. The molecule has 0 fully saturated rings. The van der Waals surface area contributed by atoms with Crippen molar-refractivity contribution in [3.63, 3.8) is 0 Å². The van der Waals surface area contributed by atoms with Crippen molar-refractivity contribution >= 4 is 28.2 Å². The van der Waals surface area contributed by atoms with Gasteiger partial charge in [0.1, 0.15) is 5.00 Å². The molecule has 140 valence electrons. The van der Waals surface area contributed by atoms with Crippen LogP contribution in [0.3, 0.4) is 0 Å². The van der Waals surface area contributed by atoms with Gasteiger partial charge in [-0.15, -0.1) is 11.3 Å². The summed E-state index contributed by atoms with van der Waals surface area (Å²) >= 11 is 1.56. The zero-order chi connectivity index (χ0) is 18.8. The highest BCUT2D eigenvalue weighted by molar-refractivity contribution is 7.17. The van der Waals surface area contributed by atoms with Crippen LogP contribution in [0.4, 0.5) is 5.00 Å². The van der Waals surface area contributed by atoms with E-state index in [2.05, 4.69) is 26.1 Å². The highest BCUT2D eigenvalue weighted by Crippen LogP contribution is 2.44. The molecule has 0 bridgehead atoms. The summed E-state index contributed by atoms with van der Waals surface area (Å²) in [6, 6.07) is 0. The molecule has 0 radical (unpaired) electrons. The number of carbonyl (C=O) groups is 2. The first-order valence-corrected chi connectivity index (χ1v) is 10.1. The molecule has 1 aliphatic rings. The van der Waals surface area contributed by atoms with Gasteiger partial charge >= 0.3 is 5.97 Å². The van der Waals surface area contributed by atoms with Gasteiger partial charge in [0.25, 0.3) is 0 Å². The third kappa shape index (κ3) is 4.43. The van der Waals surface area contributed by atoms with Crippen molar-refractivity contribution in [1.82, 2.24) is 0 Å². The number of esters is 1. The number of hydrogen-bond acceptors (Lipinski definition) is 4. The summed E-state index contributed by atoms with van der Waals surface area (Å²) in [5.41, 5.74) is 1.92. The van der Waals surface area contributed by atoms with Crippen LogP contribution < -0.4 is 5.32 Å². The Bertz CT molecular complexity index is 642. The average molecular weight is 366 g/mol. The standard InChI is InChI=1S/C20H31NO3S/c1-7-12(3)17(22)21-18-16(19(23)24-8-2)14-10-9-13(20(4,5)6)11-15(14)25-18/h12-13H,7-11H2,1-6H3,(H,21,22)/t12-,13-/m1/s1. The van der Waals surface area contributed by atoms with Gasteiger partial charge in [0.2, 0.25) is 5.91 Å². The Kier molecular flexibility index (Phi) is 6.30. The third-order valence-electron chi connectivity index (χ3n) is 5.27. The van der Waals surface area contributed by atoms with Crippen molar-refractivity contribution in [3.8, 4) is 0 Å². The molecule has 5 heteroatoms. The van der Waals surface area contributed by atoms with Crippen LogP contribution in [0.15, 0.2) is 0 Å². The molecule has 1 aromatic rings. The number of anilines is 1. The Morgan fingerprint density at radius 3 is 2.56 bits per heavy atom. The van der Waals surface area contributed by atoms with Gasteiger partial charge in [-0.25, -0.2) is 4.79 Å². The van der Waals surface area contributed by atoms with Crippen molar-refractivity contribution in [1.29, 1.82) is 0 Å². The minimum Gasteiger partial charge on any atom is -0.462 e. The van der Waals surface area contributed by atoms with Crippen LogP contribution in [0, 0.1) is 17.3 Å². The summed E-state index contributed by atoms with van der Waals surface area (Å²) in [4.78, 5) is 26.1. The van der Waals surface area contributed by atoms with Crippen molar-refractivity contribution in [2.75, 3.05) is 11.9 Å². The lowest BCUT2D eigenvalue weighted by atomic mass is 9.72. The zero-order valence-corrected chi connectivity index (χ0v) is 17.1. The summed E-state index contributed by atoms with van der Waals surface area (Å²) in [7, 11) is 0. The van der Waals surface area contributed by atoms with E-state index in [1.807, 2.05) is 20.8 Å². The summed E-state index contributed by atoms with van der Waals surface area (Å²) in [6.07, 6.45) is 3.69. The smallest absolute Gasteiger partial charge is 0.341 e. The Labute approximate surface area is 155 Å². The number of amides is 1. The SMILES string of the molecule is CCOC(=O)c1c(NC(=O)[C@H](C)CC)sc2c1CC[C@@H](C(C)(C)C)C2. The van der Waals surface area contributed by atoms with Gasteiger partial charge in [-0.2, -0.15) is 0 Å². The molecule has 0 unspecified atom stereocenters. The number of thiophene rings is 1. The maximum Gasteiger partial charge on any atom is 0.341 e. The molecule has 0 aliphatic heterocycles. The number of nitrogens with one attached hydrogen (secondary N) is 1. The summed E-state index contributed by atoms with van der Waals surface area (Å²) in [5, 5.41) is 3.66. The van der Waals surface area contributed by atoms with E-state index in [0.717, 1.165) is 31.2 Å². The molecule has 2 rings (SSSR count). The lowest BCUT2D eigenvalue weighted by Crippen LogP contribution is -2.26. The molecular weight excluding hydrogens is 334 g/mol. The van der Waals surface area contributed by atoms with Gasteiger partial charge in [0.05, 0.1) is 12.2 Å². The molecule has 25 heavy (non-hydrogen) atoms. The molecule has 4 nitrogen and oxygen atoms in total. The monoisotopic (exact) mass is 365 g/mol. The fourth-order valence-electron chi connectivity index (χ4n) is 3.25. The van der Waals surface area contributed by atoms with E-state index in [0.29, 0.717) is 23.1 Å². The molecule has 0 saturated heterocycles. The predicted octanol–water partition coefficient (Wildman–Crippen LogP) is 5.06. The molecule has 1 aromatic heterocycles. The lowest BCUT2D eigenvalue weighted by molar-refractivity contribution is -0.119. The van der Waals surface area contributed by atoms with Crippen LogP contribution in [0.25, 0.3) is 0 Å². The van der Waals surface area contributed by atoms with Gasteiger partial charge in [-0.1, -0.05) is 34.6 Å². The second kappa shape index (κ2) is 7.90. The van der Waals surface area contributed by atoms with Crippen molar-refractivity contribution in [2.45, 2.75) is 67.2 Å². The quantitative estimate of drug-likeness (QED) is 0.742. The lowest BCUT2D eigenvalue weighted by Gasteiger charge is -2.33. The first kappa shape index (κ1) is 20.0. The highest BCUT2D eigenvalue weighted by Gasteiger charge is 2.34.